The first-order valence-corrected chi connectivity index (χ1v) is 9.15. The van der Waals surface area contributed by atoms with Crippen LogP contribution in [0.5, 0.6) is 0 Å². The van der Waals surface area contributed by atoms with Crippen LogP contribution in [0.1, 0.15) is 23.7 Å². The van der Waals surface area contributed by atoms with Crippen molar-refractivity contribution in [2.45, 2.75) is 19.1 Å². The number of carbonyl (C=O) groups is 1. The van der Waals surface area contributed by atoms with Gasteiger partial charge in [-0.3, -0.25) is 4.79 Å². The van der Waals surface area contributed by atoms with Gasteiger partial charge in [-0.05, 0) is 18.1 Å². The van der Waals surface area contributed by atoms with Crippen molar-refractivity contribution in [2.75, 3.05) is 6.61 Å². The van der Waals surface area contributed by atoms with Crippen LogP contribution in [-0.2, 0) is 26.5 Å². The molecule has 0 spiro atoms. The van der Waals surface area contributed by atoms with E-state index in [0.717, 1.165) is 10.9 Å². The lowest BCUT2D eigenvalue weighted by molar-refractivity contribution is -0.222. The summed E-state index contributed by atoms with van der Waals surface area (Å²) in [5.74, 6) is -1.85. The highest BCUT2D eigenvalue weighted by Gasteiger charge is 2.46. The van der Waals surface area contributed by atoms with Crippen molar-refractivity contribution in [2.24, 2.45) is 0 Å². The molecule has 0 saturated heterocycles. The molecule has 0 bridgehead atoms. The second kappa shape index (κ2) is 6.46. The number of H-pyrrole nitrogens is 1. The van der Waals surface area contributed by atoms with Gasteiger partial charge < -0.3 is 14.5 Å². The van der Waals surface area contributed by atoms with Crippen molar-refractivity contribution in [3.8, 4) is 0 Å². The summed E-state index contributed by atoms with van der Waals surface area (Å²) in [5, 5.41) is 1.95. The zero-order chi connectivity index (χ0) is 18.5. The zero-order valence-corrected chi connectivity index (χ0v) is 16.0. The van der Waals surface area contributed by atoms with E-state index >= 15 is 0 Å². The monoisotopic (exact) mass is 409 g/mol. The van der Waals surface area contributed by atoms with E-state index in [2.05, 4.69) is 4.98 Å². The molecule has 1 aliphatic rings. The number of halogens is 3. The minimum Gasteiger partial charge on any atom is -0.422 e. The van der Waals surface area contributed by atoms with Gasteiger partial charge in [-0.25, -0.2) is 0 Å². The third-order valence-corrected chi connectivity index (χ3v) is 5.54. The Hall–Kier alpha value is -1.72. The highest BCUT2D eigenvalue weighted by molar-refractivity contribution is 6.48. The Kier molecular flexibility index (Phi) is 4.40. The highest BCUT2D eigenvalue weighted by atomic mass is 35.5. The lowest BCUT2D eigenvalue weighted by atomic mass is 9.94. The molecular weight excluding hydrogens is 397 g/mol. The molecule has 1 atom stereocenters. The summed E-state index contributed by atoms with van der Waals surface area (Å²) in [5.41, 5.74) is 2.82. The standard InChI is InChI=1S/C19H14Cl3NO3/c1-10(24)26-19(11-5-3-2-4-6-11)18-12(7-8-25-19)15-16(22)13(20)9-14(21)17(15)23-18/h2-6,9,23H,7-8H2,1H3. The maximum Gasteiger partial charge on any atom is 0.305 e. The normalized spacial score (nSPS) is 19.4. The molecule has 4 rings (SSSR count). The molecule has 3 aromatic rings. The first-order valence-electron chi connectivity index (χ1n) is 8.01. The van der Waals surface area contributed by atoms with E-state index in [4.69, 9.17) is 44.3 Å². The second-order valence-corrected chi connectivity index (χ2v) is 7.25. The molecule has 0 radical (unpaired) electrons. The first kappa shape index (κ1) is 17.7. The van der Waals surface area contributed by atoms with Crippen LogP contribution in [0.2, 0.25) is 15.1 Å². The van der Waals surface area contributed by atoms with Gasteiger partial charge in [0.1, 0.15) is 0 Å². The van der Waals surface area contributed by atoms with Crippen LogP contribution < -0.4 is 0 Å². The molecule has 4 nitrogen and oxygen atoms in total. The lowest BCUT2D eigenvalue weighted by Gasteiger charge is -2.36. The number of esters is 1. The number of rotatable bonds is 2. The van der Waals surface area contributed by atoms with Gasteiger partial charge in [-0.2, -0.15) is 0 Å². The predicted molar refractivity (Wildman–Crippen MR) is 102 cm³/mol. The molecule has 0 saturated carbocycles. The van der Waals surface area contributed by atoms with Crippen LogP contribution in [0.3, 0.4) is 0 Å². The maximum absolute atomic E-state index is 11.9. The zero-order valence-electron chi connectivity index (χ0n) is 13.7. The van der Waals surface area contributed by atoms with Crippen LogP contribution in [0.4, 0.5) is 0 Å². The summed E-state index contributed by atoms with van der Waals surface area (Å²) < 4.78 is 11.8. The van der Waals surface area contributed by atoms with Crippen molar-refractivity contribution in [1.29, 1.82) is 0 Å². The van der Waals surface area contributed by atoms with E-state index < -0.39 is 11.8 Å². The van der Waals surface area contributed by atoms with E-state index in [1.54, 1.807) is 6.07 Å². The van der Waals surface area contributed by atoms with Gasteiger partial charge in [-0.1, -0.05) is 65.1 Å². The molecule has 26 heavy (non-hydrogen) atoms. The third-order valence-electron chi connectivity index (χ3n) is 4.45. The highest BCUT2D eigenvalue weighted by Crippen LogP contribution is 2.46. The van der Waals surface area contributed by atoms with Crippen molar-refractivity contribution < 1.29 is 14.3 Å². The number of ether oxygens (including phenoxy) is 2. The van der Waals surface area contributed by atoms with Crippen LogP contribution in [0.15, 0.2) is 36.4 Å². The van der Waals surface area contributed by atoms with E-state index in [1.807, 2.05) is 30.3 Å². The number of aromatic amines is 1. The molecule has 1 aliphatic heterocycles. The summed E-state index contributed by atoms with van der Waals surface area (Å²) in [6.45, 7) is 1.70. The van der Waals surface area contributed by atoms with Gasteiger partial charge >= 0.3 is 5.97 Å². The fraction of sp³-hybridized carbons (Fsp3) is 0.211. The summed E-state index contributed by atoms with van der Waals surface area (Å²) >= 11 is 19.1. The molecule has 134 valence electrons. The van der Waals surface area contributed by atoms with Crippen LogP contribution in [-0.4, -0.2) is 17.6 Å². The predicted octanol–water partition coefficient (Wildman–Crippen LogP) is 5.47. The largest absolute Gasteiger partial charge is 0.422 e. The van der Waals surface area contributed by atoms with Gasteiger partial charge in [0.15, 0.2) is 0 Å². The van der Waals surface area contributed by atoms with E-state index in [-0.39, 0.29) is 0 Å². The quantitative estimate of drug-likeness (QED) is 0.450. The smallest absolute Gasteiger partial charge is 0.305 e. The van der Waals surface area contributed by atoms with Gasteiger partial charge in [0.2, 0.25) is 0 Å². The number of carbonyl (C=O) groups excluding carboxylic acids is 1. The lowest BCUT2D eigenvalue weighted by Crippen LogP contribution is -2.40. The number of aromatic nitrogens is 1. The van der Waals surface area contributed by atoms with E-state index in [9.17, 15) is 4.79 Å². The Morgan fingerprint density at radius 3 is 2.62 bits per heavy atom. The average Bonchev–Trinajstić information content (AvgIpc) is 3.02. The van der Waals surface area contributed by atoms with Gasteiger partial charge in [0.25, 0.3) is 5.79 Å². The molecule has 1 aromatic heterocycles. The molecular formula is C19H14Cl3NO3. The number of hydrogen-bond acceptors (Lipinski definition) is 3. The minimum atomic E-state index is -1.39. The van der Waals surface area contributed by atoms with Gasteiger partial charge in [0, 0.05) is 17.9 Å². The number of fused-ring (bicyclic) bond motifs is 3. The van der Waals surface area contributed by atoms with Crippen LogP contribution in [0, 0.1) is 0 Å². The number of hydrogen-bond donors (Lipinski definition) is 1. The maximum atomic E-state index is 11.9. The first-order chi connectivity index (χ1) is 12.4. The Bertz CT molecular complexity index is 1020. The van der Waals surface area contributed by atoms with Crippen LogP contribution >= 0.6 is 34.8 Å². The fourth-order valence-electron chi connectivity index (χ4n) is 3.45. The number of benzene rings is 2. The molecule has 0 amide bonds. The Morgan fingerprint density at radius 1 is 1.19 bits per heavy atom. The molecule has 0 aliphatic carbocycles. The summed E-state index contributed by atoms with van der Waals surface area (Å²) in [6, 6.07) is 10.9. The molecule has 2 heterocycles. The summed E-state index contributed by atoms with van der Waals surface area (Å²) in [4.78, 5) is 15.2. The van der Waals surface area contributed by atoms with Gasteiger partial charge in [-0.15, -0.1) is 0 Å². The van der Waals surface area contributed by atoms with Gasteiger partial charge in [0.05, 0.1) is 32.9 Å². The molecule has 2 aromatic carbocycles. The summed E-state index contributed by atoms with van der Waals surface area (Å²) in [6.07, 6.45) is 0.585. The fourth-order valence-corrected chi connectivity index (χ4v) is 4.23. The van der Waals surface area contributed by atoms with Crippen molar-refractivity contribution in [3.05, 3.63) is 68.3 Å². The minimum absolute atomic E-state index is 0.350. The topological polar surface area (TPSA) is 51.3 Å². The Morgan fingerprint density at radius 2 is 1.92 bits per heavy atom. The average molecular weight is 411 g/mol. The van der Waals surface area contributed by atoms with Crippen molar-refractivity contribution in [1.82, 2.24) is 4.98 Å². The van der Waals surface area contributed by atoms with Crippen molar-refractivity contribution in [3.63, 3.8) is 0 Å². The van der Waals surface area contributed by atoms with Crippen molar-refractivity contribution >= 4 is 51.7 Å². The Labute approximate surface area is 164 Å². The molecule has 0 fully saturated rings. The third kappa shape index (κ3) is 2.60. The molecule has 1 N–H and O–H groups in total. The second-order valence-electron chi connectivity index (χ2n) is 6.06. The molecule has 7 heteroatoms. The molecule has 1 unspecified atom stereocenters. The van der Waals surface area contributed by atoms with E-state index in [0.29, 0.717) is 44.9 Å². The Balaban J connectivity index is 2.07. The SMILES string of the molecule is CC(=O)OC1(c2ccccc2)OCCc2c1[nH]c1c(Cl)cc(Cl)c(Cl)c21. The summed E-state index contributed by atoms with van der Waals surface area (Å²) in [7, 11) is 0. The van der Waals surface area contributed by atoms with E-state index in [1.165, 1.54) is 6.92 Å². The van der Waals surface area contributed by atoms with Crippen LogP contribution in [0.25, 0.3) is 10.9 Å². The number of nitrogens with one attached hydrogen (secondary N) is 1.